The first-order valence-electron chi connectivity index (χ1n) is 5.84. The van der Waals surface area contributed by atoms with Gasteiger partial charge in [0.15, 0.2) is 0 Å². The van der Waals surface area contributed by atoms with Crippen LogP contribution in [0.5, 0.6) is 0 Å². The first kappa shape index (κ1) is 12.0. The van der Waals surface area contributed by atoms with Crippen LogP contribution in [-0.4, -0.2) is 0 Å². The zero-order chi connectivity index (χ0) is 12.6. The van der Waals surface area contributed by atoms with E-state index in [1.807, 2.05) is 79.9 Å². The molecule has 18 heavy (non-hydrogen) atoms. The molecule has 0 N–H and O–H groups in total. The summed E-state index contributed by atoms with van der Waals surface area (Å²) in [5, 5.41) is 10.2. The van der Waals surface area contributed by atoms with Crippen molar-refractivity contribution in [1.82, 2.24) is 0 Å². The van der Waals surface area contributed by atoms with E-state index >= 15 is 0 Å². The molecule has 90 valence electrons. The minimum absolute atomic E-state index is 0.836. The fourth-order valence-corrected chi connectivity index (χ4v) is 1.48. The lowest BCUT2D eigenvalue weighted by Gasteiger charge is -2.11. The summed E-state index contributed by atoms with van der Waals surface area (Å²) >= 11 is 0. The molecule has 0 aliphatic rings. The Morgan fingerprint density at radius 3 is 2.11 bits per heavy atom. The number of allylic oxidation sites excluding steroid dienone is 1. The molecular weight excluding hydrogens is 222 g/mol. The Morgan fingerprint density at radius 2 is 1.50 bits per heavy atom. The third-order valence-electron chi connectivity index (χ3n) is 2.32. The van der Waals surface area contributed by atoms with Gasteiger partial charge in [0.25, 0.3) is 0 Å². The van der Waals surface area contributed by atoms with E-state index in [0.29, 0.717) is 0 Å². The summed E-state index contributed by atoms with van der Waals surface area (Å²) in [6.45, 7) is 1.95. The number of benzene rings is 2. The van der Waals surface area contributed by atoms with Crippen LogP contribution < -0.4 is 5.01 Å². The smallest absolute Gasteiger partial charge is 0.0874 e. The first-order valence-corrected chi connectivity index (χ1v) is 5.84. The molecule has 0 spiro atoms. The Kier molecular flexibility index (Phi) is 4.25. The predicted molar refractivity (Wildman–Crippen MR) is 74.7 cm³/mol. The molecule has 0 heterocycles. The third-order valence-corrected chi connectivity index (χ3v) is 2.32. The Morgan fingerprint density at radius 1 is 0.889 bits per heavy atom. The molecule has 2 aromatic rings. The maximum absolute atomic E-state index is 4.23. The fourth-order valence-electron chi connectivity index (χ4n) is 1.48. The highest BCUT2D eigenvalue weighted by Crippen LogP contribution is 2.17. The predicted octanol–water partition coefficient (Wildman–Crippen LogP) is 4.73. The monoisotopic (exact) mass is 237 g/mol. The van der Waals surface area contributed by atoms with E-state index in [9.17, 15) is 0 Å². The van der Waals surface area contributed by atoms with E-state index in [4.69, 9.17) is 0 Å². The molecule has 3 heteroatoms. The summed E-state index contributed by atoms with van der Waals surface area (Å²) in [7, 11) is 0. The molecular formula is C15H15N3. The highest BCUT2D eigenvalue weighted by Gasteiger charge is 1.99. The normalized spacial score (nSPS) is 11.2. The molecule has 2 aromatic carbocycles. The lowest BCUT2D eigenvalue weighted by Crippen LogP contribution is -2.05. The summed E-state index contributed by atoms with van der Waals surface area (Å²) < 4.78 is 0. The Balaban J connectivity index is 2.20. The van der Waals surface area contributed by atoms with Crippen LogP contribution in [0.4, 0.5) is 11.4 Å². The SMILES string of the molecule is C/C=C\N(/N=N/c1ccccc1)c1ccccc1. The standard InChI is InChI=1S/C15H15N3/c1-2-13-18(15-11-7-4-8-12-15)17-16-14-9-5-3-6-10-14/h2-13H,1H3/b13-2-,17-16+. The maximum atomic E-state index is 4.23. The van der Waals surface area contributed by atoms with E-state index in [1.165, 1.54) is 0 Å². The van der Waals surface area contributed by atoms with Crippen LogP contribution in [-0.2, 0) is 0 Å². The molecule has 0 unspecified atom stereocenters. The Bertz CT molecular complexity index is 518. The van der Waals surface area contributed by atoms with Crippen LogP contribution in [0.15, 0.2) is 83.3 Å². The zero-order valence-corrected chi connectivity index (χ0v) is 10.3. The Hall–Kier alpha value is -2.42. The van der Waals surface area contributed by atoms with E-state index in [-0.39, 0.29) is 0 Å². The van der Waals surface area contributed by atoms with Crippen LogP contribution >= 0.6 is 0 Å². The molecule has 0 saturated heterocycles. The van der Waals surface area contributed by atoms with Crippen LogP contribution in [0.1, 0.15) is 6.92 Å². The summed E-state index contributed by atoms with van der Waals surface area (Å²) in [6, 6.07) is 19.6. The van der Waals surface area contributed by atoms with Gasteiger partial charge in [0, 0.05) is 6.20 Å². The number of hydrogen-bond acceptors (Lipinski definition) is 2. The van der Waals surface area contributed by atoms with Crippen molar-refractivity contribution < 1.29 is 0 Å². The van der Waals surface area contributed by atoms with E-state index in [1.54, 1.807) is 5.01 Å². The van der Waals surface area contributed by atoms with E-state index in [0.717, 1.165) is 11.4 Å². The summed E-state index contributed by atoms with van der Waals surface area (Å²) in [5.74, 6) is 0. The third kappa shape index (κ3) is 3.28. The van der Waals surface area contributed by atoms with Crippen molar-refractivity contribution in [3.8, 4) is 0 Å². The lowest BCUT2D eigenvalue weighted by molar-refractivity contribution is 0.964. The molecule has 0 atom stereocenters. The van der Waals surface area contributed by atoms with Crippen LogP contribution in [0.25, 0.3) is 0 Å². The largest absolute Gasteiger partial charge is 0.223 e. The van der Waals surface area contributed by atoms with Gasteiger partial charge in [-0.25, -0.2) is 5.01 Å². The average molecular weight is 237 g/mol. The quantitative estimate of drug-likeness (QED) is 0.558. The molecule has 0 bridgehead atoms. The number of para-hydroxylation sites is 1. The van der Waals surface area contributed by atoms with Crippen LogP contribution in [0.3, 0.4) is 0 Å². The van der Waals surface area contributed by atoms with Gasteiger partial charge in [0.05, 0.1) is 11.4 Å². The van der Waals surface area contributed by atoms with Gasteiger partial charge in [-0.15, -0.1) is 5.11 Å². The molecule has 0 saturated carbocycles. The molecule has 3 nitrogen and oxygen atoms in total. The van der Waals surface area contributed by atoms with Gasteiger partial charge in [-0.1, -0.05) is 47.7 Å². The number of nitrogens with zero attached hydrogens (tertiary/aromatic N) is 3. The molecule has 0 aliphatic carbocycles. The van der Waals surface area contributed by atoms with Crippen molar-refractivity contribution in [1.29, 1.82) is 0 Å². The van der Waals surface area contributed by atoms with Crippen molar-refractivity contribution in [2.75, 3.05) is 5.01 Å². The van der Waals surface area contributed by atoms with Crippen molar-refractivity contribution >= 4 is 11.4 Å². The average Bonchev–Trinajstić information content (AvgIpc) is 2.45. The maximum Gasteiger partial charge on any atom is 0.0874 e. The van der Waals surface area contributed by atoms with Crippen LogP contribution in [0, 0.1) is 0 Å². The van der Waals surface area contributed by atoms with Gasteiger partial charge in [0.1, 0.15) is 0 Å². The number of anilines is 1. The van der Waals surface area contributed by atoms with Gasteiger partial charge in [-0.3, -0.25) is 0 Å². The van der Waals surface area contributed by atoms with Gasteiger partial charge in [-0.2, -0.15) is 0 Å². The van der Waals surface area contributed by atoms with Gasteiger partial charge in [0.2, 0.25) is 0 Å². The van der Waals surface area contributed by atoms with E-state index in [2.05, 4.69) is 10.3 Å². The zero-order valence-electron chi connectivity index (χ0n) is 10.3. The van der Waals surface area contributed by atoms with Gasteiger partial charge < -0.3 is 0 Å². The lowest BCUT2D eigenvalue weighted by atomic mass is 10.3. The van der Waals surface area contributed by atoms with Gasteiger partial charge >= 0.3 is 0 Å². The second-order valence-corrected chi connectivity index (χ2v) is 3.69. The fraction of sp³-hybridized carbons (Fsp3) is 0.0667. The van der Waals surface area contributed by atoms with Crippen molar-refractivity contribution in [2.24, 2.45) is 10.3 Å². The summed E-state index contributed by atoms with van der Waals surface area (Å²) in [5.41, 5.74) is 1.82. The minimum atomic E-state index is 0.836. The van der Waals surface area contributed by atoms with Crippen molar-refractivity contribution in [2.45, 2.75) is 6.92 Å². The minimum Gasteiger partial charge on any atom is -0.223 e. The Labute approximate surface area is 107 Å². The van der Waals surface area contributed by atoms with E-state index < -0.39 is 0 Å². The summed E-state index contributed by atoms with van der Waals surface area (Å²) in [4.78, 5) is 0. The molecule has 0 aromatic heterocycles. The number of rotatable bonds is 4. The van der Waals surface area contributed by atoms with Gasteiger partial charge in [-0.05, 0) is 31.2 Å². The molecule has 0 fully saturated rings. The highest BCUT2D eigenvalue weighted by atomic mass is 15.5. The number of hydrogen-bond donors (Lipinski definition) is 0. The second-order valence-electron chi connectivity index (χ2n) is 3.69. The highest BCUT2D eigenvalue weighted by molar-refractivity contribution is 5.47. The molecule has 0 radical (unpaired) electrons. The van der Waals surface area contributed by atoms with Crippen molar-refractivity contribution in [3.05, 3.63) is 72.9 Å². The topological polar surface area (TPSA) is 28.0 Å². The van der Waals surface area contributed by atoms with Crippen LogP contribution in [0.2, 0.25) is 0 Å². The molecule has 2 rings (SSSR count). The molecule has 0 amide bonds. The molecule has 0 aliphatic heterocycles. The summed E-state index contributed by atoms with van der Waals surface area (Å²) in [6.07, 6.45) is 3.80. The first-order chi connectivity index (χ1) is 8.90. The van der Waals surface area contributed by atoms with Crippen molar-refractivity contribution in [3.63, 3.8) is 0 Å². The second kappa shape index (κ2) is 6.35.